The Balaban J connectivity index is 0.00000225. The van der Waals surface area contributed by atoms with Crippen molar-refractivity contribution < 1.29 is 4.79 Å². The zero-order valence-corrected chi connectivity index (χ0v) is 15.6. The minimum absolute atomic E-state index is 0. The fourth-order valence-corrected chi connectivity index (χ4v) is 3.18. The van der Waals surface area contributed by atoms with Gasteiger partial charge in [-0.1, -0.05) is 35.9 Å². The highest BCUT2D eigenvalue weighted by atomic mass is 35.5. The number of piperazine rings is 1. The molecule has 0 aliphatic carbocycles. The largest absolute Gasteiger partial charge is 0.336 e. The third kappa shape index (κ3) is 5.19. The highest BCUT2D eigenvalue weighted by Gasteiger charge is 2.22. The molecule has 0 unspecified atom stereocenters. The molecule has 3 rings (SSSR count). The summed E-state index contributed by atoms with van der Waals surface area (Å²) in [6.45, 7) is 4.61. The van der Waals surface area contributed by atoms with E-state index >= 15 is 0 Å². The topological polar surface area (TPSA) is 49.6 Å². The molecule has 1 saturated heterocycles. The van der Waals surface area contributed by atoms with Crippen LogP contribution < -0.4 is 5.73 Å². The summed E-state index contributed by atoms with van der Waals surface area (Å²) in [5.41, 5.74) is 8.58. The van der Waals surface area contributed by atoms with Crippen molar-refractivity contribution in [1.82, 2.24) is 9.80 Å². The lowest BCUT2D eigenvalue weighted by Crippen LogP contribution is -2.48. The standard InChI is InChI=1S/C19H22ClN3O.ClH/c20-18-3-1-2-16(12-18)14-22-8-10-23(11-9-22)19(24)17-6-4-15(13-21)5-7-17;/h1-7,12H,8-11,13-14,21H2;1H. The molecule has 0 bridgehead atoms. The first-order valence-electron chi connectivity index (χ1n) is 8.21. The van der Waals surface area contributed by atoms with E-state index in [4.69, 9.17) is 17.3 Å². The Bertz CT molecular complexity index is 698. The van der Waals surface area contributed by atoms with Crippen LogP contribution in [-0.4, -0.2) is 41.9 Å². The van der Waals surface area contributed by atoms with Gasteiger partial charge in [-0.3, -0.25) is 9.69 Å². The molecular weight excluding hydrogens is 357 g/mol. The lowest BCUT2D eigenvalue weighted by Gasteiger charge is -2.34. The Labute approximate surface area is 160 Å². The molecule has 2 aromatic carbocycles. The smallest absolute Gasteiger partial charge is 0.253 e. The molecular formula is C19H23Cl2N3O. The Kier molecular flexibility index (Phi) is 7.26. The fraction of sp³-hybridized carbons (Fsp3) is 0.316. The van der Waals surface area contributed by atoms with Crippen LogP contribution in [0.15, 0.2) is 48.5 Å². The van der Waals surface area contributed by atoms with Gasteiger partial charge in [0.25, 0.3) is 5.91 Å². The highest BCUT2D eigenvalue weighted by Crippen LogP contribution is 2.15. The second-order valence-electron chi connectivity index (χ2n) is 6.10. The highest BCUT2D eigenvalue weighted by molar-refractivity contribution is 6.30. The van der Waals surface area contributed by atoms with Crippen LogP contribution in [0.4, 0.5) is 0 Å². The average molecular weight is 380 g/mol. The van der Waals surface area contributed by atoms with E-state index in [1.54, 1.807) is 0 Å². The second-order valence-corrected chi connectivity index (χ2v) is 6.54. The average Bonchev–Trinajstić information content (AvgIpc) is 2.62. The number of nitrogens with two attached hydrogens (primary N) is 1. The molecule has 0 saturated carbocycles. The van der Waals surface area contributed by atoms with Crippen LogP contribution in [0.1, 0.15) is 21.5 Å². The van der Waals surface area contributed by atoms with Crippen molar-refractivity contribution in [2.45, 2.75) is 13.1 Å². The summed E-state index contributed by atoms with van der Waals surface area (Å²) in [7, 11) is 0. The maximum absolute atomic E-state index is 12.6. The van der Waals surface area contributed by atoms with E-state index in [0.717, 1.165) is 48.9 Å². The molecule has 0 atom stereocenters. The number of rotatable bonds is 4. The second kappa shape index (κ2) is 9.20. The SMILES string of the molecule is Cl.NCc1ccc(C(=O)N2CCN(Cc3cccc(Cl)c3)CC2)cc1. The molecule has 1 aliphatic rings. The number of carbonyl (C=O) groups is 1. The molecule has 0 aromatic heterocycles. The fourth-order valence-electron chi connectivity index (χ4n) is 2.97. The van der Waals surface area contributed by atoms with E-state index in [-0.39, 0.29) is 18.3 Å². The maximum Gasteiger partial charge on any atom is 0.253 e. The van der Waals surface area contributed by atoms with Crippen molar-refractivity contribution in [3.05, 3.63) is 70.2 Å². The molecule has 6 heteroatoms. The van der Waals surface area contributed by atoms with Gasteiger partial charge in [-0.05, 0) is 35.4 Å². The summed E-state index contributed by atoms with van der Waals surface area (Å²) in [6.07, 6.45) is 0. The monoisotopic (exact) mass is 379 g/mol. The number of nitrogens with zero attached hydrogens (tertiary/aromatic N) is 2. The summed E-state index contributed by atoms with van der Waals surface area (Å²) < 4.78 is 0. The third-order valence-corrected chi connectivity index (χ3v) is 4.63. The molecule has 4 nitrogen and oxygen atoms in total. The van der Waals surface area contributed by atoms with E-state index in [1.807, 2.05) is 47.4 Å². The van der Waals surface area contributed by atoms with Gasteiger partial charge in [-0.15, -0.1) is 12.4 Å². The molecule has 1 amide bonds. The molecule has 2 aromatic rings. The van der Waals surface area contributed by atoms with Crippen molar-refractivity contribution in [3.63, 3.8) is 0 Å². The van der Waals surface area contributed by atoms with E-state index in [1.165, 1.54) is 5.56 Å². The van der Waals surface area contributed by atoms with Crippen molar-refractivity contribution in [3.8, 4) is 0 Å². The summed E-state index contributed by atoms with van der Waals surface area (Å²) >= 11 is 6.04. The molecule has 2 N–H and O–H groups in total. The Morgan fingerprint density at radius 3 is 2.28 bits per heavy atom. The van der Waals surface area contributed by atoms with Crippen LogP contribution in [0.2, 0.25) is 5.02 Å². The summed E-state index contributed by atoms with van der Waals surface area (Å²) in [4.78, 5) is 16.8. The number of halogens is 2. The molecule has 0 radical (unpaired) electrons. The van der Waals surface area contributed by atoms with Crippen LogP contribution in [0, 0.1) is 0 Å². The van der Waals surface area contributed by atoms with E-state index in [0.29, 0.717) is 6.54 Å². The van der Waals surface area contributed by atoms with Crippen molar-refractivity contribution >= 4 is 29.9 Å². The first-order chi connectivity index (χ1) is 11.7. The minimum atomic E-state index is 0. The predicted octanol–water partition coefficient (Wildman–Crippen LogP) is 3.18. The normalized spacial score (nSPS) is 14.9. The van der Waals surface area contributed by atoms with Gasteiger partial charge in [0, 0.05) is 49.9 Å². The Morgan fingerprint density at radius 1 is 1.00 bits per heavy atom. The summed E-state index contributed by atoms with van der Waals surface area (Å²) in [5, 5.41) is 0.766. The van der Waals surface area contributed by atoms with Crippen molar-refractivity contribution in [2.75, 3.05) is 26.2 Å². The lowest BCUT2D eigenvalue weighted by atomic mass is 10.1. The quantitative estimate of drug-likeness (QED) is 0.887. The van der Waals surface area contributed by atoms with Gasteiger partial charge < -0.3 is 10.6 Å². The number of benzene rings is 2. The third-order valence-electron chi connectivity index (χ3n) is 4.39. The van der Waals surface area contributed by atoms with Gasteiger partial charge in [0.15, 0.2) is 0 Å². The maximum atomic E-state index is 12.6. The number of hydrogen-bond donors (Lipinski definition) is 1. The van der Waals surface area contributed by atoms with Crippen LogP contribution in [0.5, 0.6) is 0 Å². The number of hydrogen-bond acceptors (Lipinski definition) is 3. The van der Waals surface area contributed by atoms with Crippen molar-refractivity contribution in [2.24, 2.45) is 5.73 Å². The minimum Gasteiger partial charge on any atom is -0.336 e. The van der Waals surface area contributed by atoms with Crippen LogP contribution in [0.25, 0.3) is 0 Å². The zero-order valence-electron chi connectivity index (χ0n) is 14.0. The summed E-state index contributed by atoms with van der Waals surface area (Å²) in [5.74, 6) is 0.0981. The van der Waals surface area contributed by atoms with Gasteiger partial charge in [-0.25, -0.2) is 0 Å². The molecule has 0 spiro atoms. The first kappa shape index (κ1) is 19.7. The van der Waals surface area contributed by atoms with Crippen LogP contribution >= 0.6 is 24.0 Å². The molecule has 1 fully saturated rings. The van der Waals surface area contributed by atoms with Gasteiger partial charge >= 0.3 is 0 Å². The van der Waals surface area contributed by atoms with Gasteiger partial charge in [0.05, 0.1) is 0 Å². The van der Waals surface area contributed by atoms with Crippen molar-refractivity contribution in [1.29, 1.82) is 0 Å². The van der Waals surface area contributed by atoms with Crippen LogP contribution in [0.3, 0.4) is 0 Å². The summed E-state index contributed by atoms with van der Waals surface area (Å²) in [6, 6.07) is 15.5. The number of carbonyl (C=O) groups excluding carboxylic acids is 1. The molecule has 1 heterocycles. The molecule has 134 valence electrons. The van der Waals surface area contributed by atoms with Gasteiger partial charge in [0.1, 0.15) is 0 Å². The molecule has 1 aliphatic heterocycles. The van der Waals surface area contributed by atoms with E-state index < -0.39 is 0 Å². The van der Waals surface area contributed by atoms with E-state index in [9.17, 15) is 4.79 Å². The Hall–Kier alpha value is -1.59. The van der Waals surface area contributed by atoms with Gasteiger partial charge in [-0.2, -0.15) is 0 Å². The molecule has 25 heavy (non-hydrogen) atoms. The predicted molar refractivity (Wildman–Crippen MR) is 104 cm³/mol. The zero-order chi connectivity index (χ0) is 16.9. The number of amides is 1. The van der Waals surface area contributed by atoms with Crippen LogP contribution in [-0.2, 0) is 13.1 Å². The first-order valence-corrected chi connectivity index (χ1v) is 8.58. The Morgan fingerprint density at radius 2 is 1.68 bits per heavy atom. The van der Waals surface area contributed by atoms with Gasteiger partial charge in [0.2, 0.25) is 0 Å². The lowest BCUT2D eigenvalue weighted by molar-refractivity contribution is 0.0628. The van der Waals surface area contributed by atoms with E-state index in [2.05, 4.69) is 11.0 Å².